The van der Waals surface area contributed by atoms with Gasteiger partial charge in [-0.3, -0.25) is 0 Å². The van der Waals surface area contributed by atoms with Crippen LogP contribution in [0.25, 0.3) is 0 Å². The zero-order valence-corrected chi connectivity index (χ0v) is 12.8. The molecule has 1 aliphatic heterocycles. The molecule has 1 saturated carbocycles. The third kappa shape index (κ3) is 3.87. The molecular formula is C16H29ClO. The van der Waals surface area contributed by atoms with Gasteiger partial charge in [0, 0.05) is 5.38 Å². The monoisotopic (exact) mass is 272 g/mol. The largest absolute Gasteiger partial charge is 0.372 e. The standard InChI is InChI=1S/C16H29ClO/c1-13(2)15(17)8-6-7-14-9-12-16(18-14)10-4-3-5-11-16/h13-15H,3-12H2,1-2H3. The summed E-state index contributed by atoms with van der Waals surface area (Å²) in [5, 5.41) is 0.343. The molecule has 1 nitrogen and oxygen atoms in total. The van der Waals surface area contributed by atoms with Gasteiger partial charge in [0.1, 0.15) is 0 Å². The first kappa shape index (κ1) is 14.7. The van der Waals surface area contributed by atoms with Crippen LogP contribution >= 0.6 is 11.6 Å². The van der Waals surface area contributed by atoms with Crippen LogP contribution in [-0.2, 0) is 4.74 Å². The molecule has 2 atom stereocenters. The molecule has 0 amide bonds. The highest BCUT2D eigenvalue weighted by Gasteiger charge is 2.40. The van der Waals surface area contributed by atoms with Gasteiger partial charge in [-0.15, -0.1) is 11.6 Å². The first-order valence-corrected chi connectivity index (χ1v) is 8.37. The van der Waals surface area contributed by atoms with Crippen LogP contribution in [0.15, 0.2) is 0 Å². The normalized spacial score (nSPS) is 29.0. The van der Waals surface area contributed by atoms with Gasteiger partial charge < -0.3 is 4.74 Å². The van der Waals surface area contributed by atoms with Crippen molar-refractivity contribution in [1.82, 2.24) is 0 Å². The molecule has 0 radical (unpaired) electrons. The van der Waals surface area contributed by atoms with Crippen molar-refractivity contribution in [2.45, 2.75) is 95.1 Å². The minimum Gasteiger partial charge on any atom is -0.372 e. The molecule has 0 aromatic rings. The fourth-order valence-electron chi connectivity index (χ4n) is 3.54. The summed E-state index contributed by atoms with van der Waals surface area (Å²) in [5.74, 6) is 0.598. The number of alkyl halides is 1. The van der Waals surface area contributed by atoms with E-state index in [1.807, 2.05) is 0 Å². The number of ether oxygens (including phenoxy) is 1. The Labute approximate surface area is 118 Å². The Kier molecular flexibility index (Phi) is 5.38. The summed E-state index contributed by atoms with van der Waals surface area (Å²) in [6.45, 7) is 4.42. The summed E-state index contributed by atoms with van der Waals surface area (Å²) in [4.78, 5) is 0. The second kappa shape index (κ2) is 6.61. The zero-order valence-electron chi connectivity index (χ0n) is 12.1. The molecule has 0 aromatic carbocycles. The Hall–Kier alpha value is 0.250. The molecule has 0 bridgehead atoms. The molecule has 18 heavy (non-hydrogen) atoms. The second-order valence-electron chi connectivity index (χ2n) is 6.71. The van der Waals surface area contributed by atoms with E-state index in [1.165, 1.54) is 57.8 Å². The number of hydrogen-bond acceptors (Lipinski definition) is 1. The van der Waals surface area contributed by atoms with Crippen LogP contribution in [-0.4, -0.2) is 17.1 Å². The third-order valence-electron chi connectivity index (χ3n) is 4.83. The Morgan fingerprint density at radius 1 is 1.17 bits per heavy atom. The van der Waals surface area contributed by atoms with Crippen molar-refractivity contribution in [2.75, 3.05) is 0 Å². The van der Waals surface area contributed by atoms with E-state index in [1.54, 1.807) is 0 Å². The van der Waals surface area contributed by atoms with E-state index in [4.69, 9.17) is 16.3 Å². The fourth-order valence-corrected chi connectivity index (χ4v) is 3.69. The van der Waals surface area contributed by atoms with Gasteiger partial charge in [0.15, 0.2) is 0 Å². The van der Waals surface area contributed by atoms with Crippen LogP contribution in [0.3, 0.4) is 0 Å². The molecule has 0 aromatic heterocycles. The van der Waals surface area contributed by atoms with Gasteiger partial charge in [-0.2, -0.15) is 0 Å². The van der Waals surface area contributed by atoms with Gasteiger partial charge in [-0.05, 0) is 50.9 Å². The minimum atomic E-state index is 0.293. The SMILES string of the molecule is CC(C)C(Cl)CCCC1CCC2(CCCCC2)O1. The summed E-state index contributed by atoms with van der Waals surface area (Å²) in [6, 6.07) is 0. The summed E-state index contributed by atoms with van der Waals surface area (Å²) in [6.07, 6.45) is 13.5. The highest BCUT2D eigenvalue weighted by molar-refractivity contribution is 6.20. The van der Waals surface area contributed by atoms with Crippen LogP contribution in [0.2, 0.25) is 0 Å². The molecule has 1 heterocycles. The fraction of sp³-hybridized carbons (Fsp3) is 1.00. The molecule has 1 spiro atoms. The number of hydrogen-bond donors (Lipinski definition) is 0. The lowest BCUT2D eigenvalue weighted by atomic mass is 9.83. The lowest BCUT2D eigenvalue weighted by Crippen LogP contribution is -2.31. The lowest BCUT2D eigenvalue weighted by molar-refractivity contribution is -0.0661. The highest BCUT2D eigenvalue weighted by Crippen LogP contribution is 2.43. The van der Waals surface area contributed by atoms with Gasteiger partial charge >= 0.3 is 0 Å². The first-order chi connectivity index (χ1) is 8.61. The zero-order chi connectivity index (χ0) is 13.0. The maximum absolute atomic E-state index is 6.39. The predicted molar refractivity (Wildman–Crippen MR) is 78.3 cm³/mol. The predicted octanol–water partition coefficient (Wildman–Crippen LogP) is 5.30. The van der Waals surface area contributed by atoms with E-state index >= 15 is 0 Å². The van der Waals surface area contributed by atoms with Crippen LogP contribution in [0.5, 0.6) is 0 Å². The van der Waals surface area contributed by atoms with E-state index in [9.17, 15) is 0 Å². The molecule has 106 valence electrons. The summed E-state index contributed by atoms with van der Waals surface area (Å²) < 4.78 is 6.39. The third-order valence-corrected chi connectivity index (χ3v) is 5.55. The molecule has 2 unspecified atom stereocenters. The van der Waals surface area contributed by atoms with Crippen LogP contribution in [0, 0.1) is 5.92 Å². The molecule has 2 heteroatoms. The Morgan fingerprint density at radius 2 is 1.89 bits per heavy atom. The van der Waals surface area contributed by atoms with Crippen molar-refractivity contribution in [2.24, 2.45) is 5.92 Å². The van der Waals surface area contributed by atoms with Gasteiger partial charge in [0.2, 0.25) is 0 Å². The van der Waals surface area contributed by atoms with Crippen molar-refractivity contribution in [3.05, 3.63) is 0 Å². The van der Waals surface area contributed by atoms with Crippen molar-refractivity contribution < 1.29 is 4.74 Å². The quantitative estimate of drug-likeness (QED) is 0.617. The van der Waals surface area contributed by atoms with Gasteiger partial charge in [-0.1, -0.05) is 33.1 Å². The number of halogens is 1. The topological polar surface area (TPSA) is 9.23 Å². The van der Waals surface area contributed by atoms with Crippen molar-refractivity contribution in [3.8, 4) is 0 Å². The maximum atomic E-state index is 6.39. The molecule has 2 fully saturated rings. The minimum absolute atomic E-state index is 0.293. The summed E-state index contributed by atoms with van der Waals surface area (Å²) >= 11 is 6.30. The summed E-state index contributed by atoms with van der Waals surface area (Å²) in [5.41, 5.74) is 0.293. The lowest BCUT2D eigenvalue weighted by Gasteiger charge is -2.33. The molecule has 2 rings (SSSR count). The molecule has 0 N–H and O–H groups in total. The van der Waals surface area contributed by atoms with Crippen LogP contribution in [0.4, 0.5) is 0 Å². The maximum Gasteiger partial charge on any atom is 0.0687 e. The van der Waals surface area contributed by atoms with Gasteiger partial charge in [0.25, 0.3) is 0 Å². The van der Waals surface area contributed by atoms with E-state index in [-0.39, 0.29) is 0 Å². The highest BCUT2D eigenvalue weighted by atomic mass is 35.5. The molecule has 2 aliphatic rings. The van der Waals surface area contributed by atoms with Crippen molar-refractivity contribution in [3.63, 3.8) is 0 Å². The Balaban J connectivity index is 1.66. The smallest absolute Gasteiger partial charge is 0.0687 e. The molecule has 1 aliphatic carbocycles. The van der Waals surface area contributed by atoms with E-state index < -0.39 is 0 Å². The summed E-state index contributed by atoms with van der Waals surface area (Å²) in [7, 11) is 0. The first-order valence-electron chi connectivity index (χ1n) is 7.93. The van der Waals surface area contributed by atoms with Crippen LogP contribution in [0.1, 0.15) is 78.1 Å². The molecular weight excluding hydrogens is 244 g/mol. The Morgan fingerprint density at radius 3 is 2.56 bits per heavy atom. The Bertz CT molecular complexity index is 245. The number of rotatable bonds is 5. The van der Waals surface area contributed by atoms with E-state index in [0.29, 0.717) is 23.0 Å². The van der Waals surface area contributed by atoms with E-state index in [0.717, 1.165) is 6.42 Å². The second-order valence-corrected chi connectivity index (χ2v) is 7.27. The average molecular weight is 273 g/mol. The van der Waals surface area contributed by atoms with Gasteiger partial charge in [-0.25, -0.2) is 0 Å². The average Bonchev–Trinajstić information content (AvgIpc) is 2.73. The van der Waals surface area contributed by atoms with Crippen molar-refractivity contribution in [1.29, 1.82) is 0 Å². The van der Waals surface area contributed by atoms with E-state index in [2.05, 4.69) is 13.8 Å². The van der Waals surface area contributed by atoms with Crippen LogP contribution < -0.4 is 0 Å². The van der Waals surface area contributed by atoms with Gasteiger partial charge in [0.05, 0.1) is 11.7 Å². The molecule has 1 saturated heterocycles. The van der Waals surface area contributed by atoms with Crippen molar-refractivity contribution >= 4 is 11.6 Å².